The number of esters is 1. The molecular weight excluding hydrogens is 359 g/mol. The summed E-state index contributed by atoms with van der Waals surface area (Å²) < 4.78 is 18.2. The fourth-order valence-corrected chi connectivity index (χ4v) is 3.17. The highest BCUT2D eigenvalue weighted by molar-refractivity contribution is 5.78. The number of methoxy groups -OCH3 is 1. The third-order valence-corrected chi connectivity index (χ3v) is 4.63. The molecule has 2 N–H and O–H groups in total. The van der Waals surface area contributed by atoms with Crippen molar-refractivity contribution in [1.29, 1.82) is 0 Å². The first-order valence-electron chi connectivity index (χ1n) is 9.20. The summed E-state index contributed by atoms with van der Waals surface area (Å²) in [5, 5.41) is 20.1. The van der Waals surface area contributed by atoms with E-state index in [4.69, 9.17) is 0 Å². The van der Waals surface area contributed by atoms with Crippen LogP contribution in [0.15, 0.2) is 36.4 Å². The monoisotopic (exact) mass is 386 g/mol. The van der Waals surface area contributed by atoms with Crippen LogP contribution in [0.1, 0.15) is 35.1 Å². The van der Waals surface area contributed by atoms with Gasteiger partial charge < -0.3 is 14.9 Å². The molecule has 2 aromatic rings. The van der Waals surface area contributed by atoms with Crippen molar-refractivity contribution >= 4 is 12.0 Å². The van der Waals surface area contributed by atoms with Crippen LogP contribution in [0.4, 0.5) is 4.39 Å². The molecule has 0 aromatic heterocycles. The van der Waals surface area contributed by atoms with Gasteiger partial charge in [0.05, 0.1) is 25.7 Å². The summed E-state index contributed by atoms with van der Waals surface area (Å²) in [6.07, 6.45) is 1.37. The summed E-state index contributed by atoms with van der Waals surface area (Å²) >= 11 is 0. The molecule has 0 radical (unpaired) electrons. The maximum Gasteiger partial charge on any atom is 0.308 e. The van der Waals surface area contributed by atoms with E-state index in [9.17, 15) is 19.4 Å². The highest BCUT2D eigenvalue weighted by Gasteiger charge is 2.15. The molecule has 2 rings (SSSR count). The van der Waals surface area contributed by atoms with E-state index in [-0.39, 0.29) is 18.7 Å². The van der Waals surface area contributed by atoms with Gasteiger partial charge in [-0.2, -0.15) is 0 Å². The summed E-state index contributed by atoms with van der Waals surface area (Å²) in [6, 6.07) is 9.06. The standard InChI is InChI=1S/C23H27FO4/c1-14-9-15(2)20(7-6-18(25)12-19(26)13-23(27)28-4)21(10-14)17-5-8-22(24)16(3)11-17/h5-11,18-19,25-26H,12-13H2,1-4H3/b7-6+. The van der Waals surface area contributed by atoms with Gasteiger partial charge in [-0.1, -0.05) is 35.9 Å². The lowest BCUT2D eigenvalue weighted by Gasteiger charge is -2.14. The van der Waals surface area contributed by atoms with Gasteiger partial charge in [-0.3, -0.25) is 4.79 Å². The van der Waals surface area contributed by atoms with Crippen LogP contribution in [-0.2, 0) is 9.53 Å². The fraction of sp³-hybridized carbons (Fsp3) is 0.348. The lowest BCUT2D eigenvalue weighted by molar-refractivity contribution is -0.143. The largest absolute Gasteiger partial charge is 0.469 e. The van der Waals surface area contributed by atoms with Crippen LogP contribution in [0.25, 0.3) is 17.2 Å². The molecule has 0 aliphatic rings. The summed E-state index contributed by atoms with van der Waals surface area (Å²) in [6.45, 7) is 5.70. The van der Waals surface area contributed by atoms with Gasteiger partial charge >= 0.3 is 5.97 Å². The van der Waals surface area contributed by atoms with Gasteiger partial charge in [0.15, 0.2) is 0 Å². The number of halogens is 1. The smallest absolute Gasteiger partial charge is 0.308 e. The van der Waals surface area contributed by atoms with E-state index in [0.717, 1.165) is 27.8 Å². The molecule has 0 amide bonds. The highest BCUT2D eigenvalue weighted by atomic mass is 19.1. The number of benzene rings is 2. The minimum Gasteiger partial charge on any atom is -0.469 e. The third-order valence-electron chi connectivity index (χ3n) is 4.63. The summed E-state index contributed by atoms with van der Waals surface area (Å²) in [5.74, 6) is -0.771. The van der Waals surface area contributed by atoms with Crippen LogP contribution in [0.3, 0.4) is 0 Å². The Morgan fingerprint density at radius 2 is 1.86 bits per heavy atom. The molecule has 0 heterocycles. The number of ether oxygens (including phenoxy) is 1. The van der Waals surface area contributed by atoms with Crippen molar-refractivity contribution in [3.63, 3.8) is 0 Å². The molecule has 2 unspecified atom stereocenters. The van der Waals surface area contributed by atoms with Crippen LogP contribution in [0, 0.1) is 26.6 Å². The van der Waals surface area contributed by atoms with E-state index < -0.39 is 18.2 Å². The maximum atomic E-state index is 13.7. The number of rotatable bonds is 7. The van der Waals surface area contributed by atoms with E-state index in [1.807, 2.05) is 26.0 Å². The Morgan fingerprint density at radius 1 is 1.14 bits per heavy atom. The SMILES string of the molecule is COC(=O)CC(O)CC(O)/C=C/c1c(C)cc(C)cc1-c1ccc(F)c(C)c1. The lowest BCUT2D eigenvalue weighted by atomic mass is 9.92. The first-order chi connectivity index (χ1) is 13.2. The van der Waals surface area contributed by atoms with Gasteiger partial charge in [0.25, 0.3) is 0 Å². The molecular formula is C23H27FO4. The van der Waals surface area contributed by atoms with Crippen LogP contribution >= 0.6 is 0 Å². The Balaban J connectivity index is 2.28. The fourth-order valence-electron chi connectivity index (χ4n) is 3.17. The molecule has 2 aromatic carbocycles. The number of hydrogen-bond donors (Lipinski definition) is 2. The summed E-state index contributed by atoms with van der Waals surface area (Å²) in [5.41, 5.74) is 5.43. The van der Waals surface area contributed by atoms with Crippen LogP contribution in [0.2, 0.25) is 0 Å². The van der Waals surface area contributed by atoms with Gasteiger partial charge in [-0.25, -0.2) is 4.39 Å². The van der Waals surface area contributed by atoms with E-state index in [1.54, 1.807) is 31.2 Å². The topological polar surface area (TPSA) is 66.8 Å². The van der Waals surface area contributed by atoms with E-state index in [2.05, 4.69) is 4.74 Å². The summed E-state index contributed by atoms with van der Waals surface area (Å²) in [7, 11) is 1.25. The molecule has 5 heteroatoms. The molecule has 28 heavy (non-hydrogen) atoms. The van der Waals surface area contributed by atoms with Crippen molar-refractivity contribution in [2.45, 2.75) is 45.8 Å². The third kappa shape index (κ3) is 5.75. The molecule has 0 saturated carbocycles. The average molecular weight is 386 g/mol. The molecule has 2 atom stereocenters. The molecule has 0 aliphatic heterocycles. The van der Waals surface area contributed by atoms with Crippen molar-refractivity contribution in [2.75, 3.05) is 7.11 Å². The Morgan fingerprint density at radius 3 is 2.50 bits per heavy atom. The van der Waals surface area contributed by atoms with Crippen molar-refractivity contribution < 1.29 is 24.1 Å². The van der Waals surface area contributed by atoms with Gasteiger partial charge in [-0.05, 0) is 60.7 Å². The first-order valence-corrected chi connectivity index (χ1v) is 9.20. The second kappa shape index (κ2) is 9.62. The predicted octanol–water partition coefficient (Wildman–Crippen LogP) is 4.11. The zero-order valence-corrected chi connectivity index (χ0v) is 16.7. The van der Waals surface area contributed by atoms with E-state index >= 15 is 0 Å². The van der Waals surface area contributed by atoms with Gasteiger partial charge in [0.1, 0.15) is 5.82 Å². The van der Waals surface area contributed by atoms with Crippen molar-refractivity contribution in [1.82, 2.24) is 0 Å². The average Bonchev–Trinajstić information content (AvgIpc) is 2.62. The second-order valence-corrected chi connectivity index (χ2v) is 7.10. The number of carbonyl (C=O) groups excluding carboxylic acids is 1. The minimum absolute atomic E-state index is 0.0293. The number of carbonyl (C=O) groups is 1. The molecule has 4 nitrogen and oxygen atoms in total. The maximum absolute atomic E-state index is 13.7. The van der Waals surface area contributed by atoms with E-state index in [1.165, 1.54) is 13.2 Å². The number of aryl methyl sites for hydroxylation is 3. The normalized spacial score (nSPS) is 13.5. The van der Waals surface area contributed by atoms with Gasteiger partial charge in [0, 0.05) is 6.42 Å². The van der Waals surface area contributed by atoms with Crippen molar-refractivity contribution in [2.24, 2.45) is 0 Å². The van der Waals surface area contributed by atoms with Crippen LogP contribution in [-0.4, -0.2) is 35.5 Å². The molecule has 0 bridgehead atoms. The quantitative estimate of drug-likeness (QED) is 0.703. The predicted molar refractivity (Wildman–Crippen MR) is 108 cm³/mol. The number of aliphatic hydroxyl groups excluding tert-OH is 2. The van der Waals surface area contributed by atoms with Crippen LogP contribution in [0.5, 0.6) is 0 Å². The number of hydrogen-bond acceptors (Lipinski definition) is 4. The lowest BCUT2D eigenvalue weighted by Crippen LogP contribution is -2.20. The zero-order chi connectivity index (χ0) is 20.8. The molecule has 150 valence electrons. The van der Waals surface area contributed by atoms with Crippen molar-refractivity contribution in [3.05, 3.63) is 64.5 Å². The Hall–Kier alpha value is -2.50. The zero-order valence-electron chi connectivity index (χ0n) is 16.7. The Bertz CT molecular complexity index is 873. The molecule has 0 spiro atoms. The molecule has 0 aliphatic carbocycles. The van der Waals surface area contributed by atoms with Gasteiger partial charge in [-0.15, -0.1) is 0 Å². The second-order valence-electron chi connectivity index (χ2n) is 7.10. The Kier molecular flexibility index (Phi) is 7.49. The summed E-state index contributed by atoms with van der Waals surface area (Å²) in [4.78, 5) is 11.2. The minimum atomic E-state index is -0.981. The molecule has 0 saturated heterocycles. The van der Waals surface area contributed by atoms with Gasteiger partial charge in [0.2, 0.25) is 0 Å². The highest BCUT2D eigenvalue weighted by Crippen LogP contribution is 2.30. The Labute approximate surface area is 165 Å². The van der Waals surface area contributed by atoms with E-state index in [0.29, 0.717) is 5.56 Å². The number of aliphatic hydroxyl groups is 2. The van der Waals surface area contributed by atoms with Crippen molar-refractivity contribution in [3.8, 4) is 11.1 Å². The first kappa shape index (κ1) is 21.8. The van der Waals surface area contributed by atoms with Crippen LogP contribution < -0.4 is 0 Å². The molecule has 0 fully saturated rings.